The summed E-state index contributed by atoms with van der Waals surface area (Å²) in [7, 11) is 3.02. The number of aromatic nitrogens is 2. The third kappa shape index (κ3) is 3.68. The molecule has 2 heterocycles. The predicted molar refractivity (Wildman–Crippen MR) is 103 cm³/mol. The predicted octanol–water partition coefficient (Wildman–Crippen LogP) is 2.30. The van der Waals surface area contributed by atoms with Gasteiger partial charge in [-0.3, -0.25) is 9.59 Å². The second-order valence-electron chi connectivity index (χ2n) is 5.95. The maximum Gasteiger partial charge on any atom is 0.290 e. The number of carbonyl (C=O) groups excluding carboxylic acids is 1. The molecule has 2 aromatic heterocycles. The number of hydrogen-bond acceptors (Lipinski definition) is 7. The standard InChI is InChI=1S/C19H20N4O5/c1-11(18(24)21-12-6-7-16(26-2)17(9-12)27-3)23-19(25)13(20)10-14(22-23)15-5-4-8-28-15/h4-11H,20H2,1-3H3,(H,21,24)/t11-/m1/s1. The molecule has 0 saturated carbocycles. The summed E-state index contributed by atoms with van der Waals surface area (Å²) in [6.07, 6.45) is 1.48. The molecule has 1 atom stereocenters. The van der Waals surface area contributed by atoms with Crippen LogP contribution in [0.2, 0.25) is 0 Å². The Kier molecular flexibility index (Phi) is 5.35. The van der Waals surface area contributed by atoms with Crippen molar-refractivity contribution < 1.29 is 18.7 Å². The molecule has 0 fully saturated rings. The number of amides is 1. The topological polar surface area (TPSA) is 122 Å². The first kappa shape index (κ1) is 19.0. The maximum absolute atomic E-state index is 12.7. The third-order valence-corrected chi connectivity index (χ3v) is 4.13. The third-order valence-electron chi connectivity index (χ3n) is 4.13. The monoisotopic (exact) mass is 384 g/mol. The Labute approximate surface area is 160 Å². The van der Waals surface area contributed by atoms with Crippen LogP contribution >= 0.6 is 0 Å². The van der Waals surface area contributed by atoms with Crippen molar-refractivity contribution in [2.75, 3.05) is 25.3 Å². The van der Waals surface area contributed by atoms with E-state index in [9.17, 15) is 9.59 Å². The van der Waals surface area contributed by atoms with Crippen molar-refractivity contribution in [2.45, 2.75) is 13.0 Å². The lowest BCUT2D eigenvalue weighted by molar-refractivity contribution is -0.119. The molecule has 3 rings (SSSR count). The van der Waals surface area contributed by atoms with Gasteiger partial charge in [-0.15, -0.1) is 0 Å². The van der Waals surface area contributed by atoms with Gasteiger partial charge in [0.05, 0.1) is 20.5 Å². The minimum Gasteiger partial charge on any atom is -0.493 e. The number of hydrogen-bond donors (Lipinski definition) is 2. The smallest absolute Gasteiger partial charge is 0.290 e. The SMILES string of the molecule is COc1ccc(NC(=O)[C@@H](C)n2nc(-c3ccco3)cc(N)c2=O)cc1OC. The Bertz CT molecular complexity index is 1040. The summed E-state index contributed by atoms with van der Waals surface area (Å²) in [4.78, 5) is 25.1. The van der Waals surface area contributed by atoms with Crippen molar-refractivity contribution in [3.05, 3.63) is 53.0 Å². The van der Waals surface area contributed by atoms with Gasteiger partial charge in [0, 0.05) is 11.8 Å². The van der Waals surface area contributed by atoms with Crippen LogP contribution in [-0.2, 0) is 4.79 Å². The van der Waals surface area contributed by atoms with Gasteiger partial charge < -0.3 is 24.9 Å². The van der Waals surface area contributed by atoms with Crippen molar-refractivity contribution in [1.29, 1.82) is 0 Å². The number of benzene rings is 1. The highest BCUT2D eigenvalue weighted by molar-refractivity contribution is 5.93. The number of nitrogens with one attached hydrogen (secondary N) is 1. The molecule has 1 aromatic carbocycles. The summed E-state index contributed by atoms with van der Waals surface area (Å²) in [5.74, 6) is 0.989. The summed E-state index contributed by atoms with van der Waals surface area (Å²) < 4.78 is 16.7. The first-order valence-corrected chi connectivity index (χ1v) is 8.40. The van der Waals surface area contributed by atoms with Gasteiger partial charge in [0.2, 0.25) is 5.91 Å². The molecule has 146 valence electrons. The minimum absolute atomic E-state index is 0.0350. The van der Waals surface area contributed by atoms with Crippen LogP contribution in [0.25, 0.3) is 11.5 Å². The molecule has 0 unspecified atom stereocenters. The van der Waals surface area contributed by atoms with Crippen molar-refractivity contribution in [3.63, 3.8) is 0 Å². The van der Waals surface area contributed by atoms with Crippen LogP contribution in [0.15, 0.2) is 51.9 Å². The van der Waals surface area contributed by atoms with E-state index in [1.807, 2.05) is 0 Å². The van der Waals surface area contributed by atoms with E-state index in [0.29, 0.717) is 28.6 Å². The van der Waals surface area contributed by atoms with Crippen molar-refractivity contribution >= 4 is 17.3 Å². The largest absolute Gasteiger partial charge is 0.493 e. The molecule has 0 spiro atoms. The highest BCUT2D eigenvalue weighted by Gasteiger charge is 2.21. The van der Waals surface area contributed by atoms with E-state index < -0.39 is 17.5 Å². The number of methoxy groups -OCH3 is 2. The lowest BCUT2D eigenvalue weighted by atomic mass is 10.2. The fourth-order valence-electron chi connectivity index (χ4n) is 2.61. The van der Waals surface area contributed by atoms with E-state index in [4.69, 9.17) is 19.6 Å². The Morgan fingerprint density at radius 2 is 1.96 bits per heavy atom. The number of nitrogens with zero attached hydrogens (tertiary/aromatic N) is 2. The zero-order valence-corrected chi connectivity index (χ0v) is 15.6. The Balaban J connectivity index is 1.88. The Morgan fingerprint density at radius 3 is 2.61 bits per heavy atom. The Morgan fingerprint density at radius 1 is 1.21 bits per heavy atom. The van der Waals surface area contributed by atoms with Crippen LogP contribution in [0.5, 0.6) is 11.5 Å². The molecule has 0 radical (unpaired) electrons. The van der Waals surface area contributed by atoms with Crippen LogP contribution in [0.4, 0.5) is 11.4 Å². The lowest BCUT2D eigenvalue weighted by Gasteiger charge is -2.16. The number of nitrogen functional groups attached to an aromatic ring is 1. The van der Waals surface area contributed by atoms with Crippen LogP contribution in [0.3, 0.4) is 0 Å². The molecule has 28 heavy (non-hydrogen) atoms. The van der Waals surface area contributed by atoms with Crippen LogP contribution in [0.1, 0.15) is 13.0 Å². The maximum atomic E-state index is 12.7. The van der Waals surface area contributed by atoms with Gasteiger partial charge in [-0.05, 0) is 37.3 Å². The molecule has 3 N–H and O–H groups in total. The second kappa shape index (κ2) is 7.87. The van der Waals surface area contributed by atoms with Gasteiger partial charge in [-0.2, -0.15) is 5.10 Å². The molecular weight excluding hydrogens is 364 g/mol. The molecule has 0 saturated heterocycles. The van der Waals surface area contributed by atoms with Gasteiger partial charge >= 0.3 is 0 Å². The van der Waals surface area contributed by atoms with Crippen LogP contribution < -0.4 is 26.1 Å². The number of carbonyl (C=O) groups is 1. The van der Waals surface area contributed by atoms with Gasteiger partial charge in [0.15, 0.2) is 17.3 Å². The molecule has 9 nitrogen and oxygen atoms in total. The van der Waals surface area contributed by atoms with Crippen LogP contribution in [0, 0.1) is 0 Å². The van der Waals surface area contributed by atoms with Crippen molar-refractivity contribution in [2.24, 2.45) is 0 Å². The fourth-order valence-corrected chi connectivity index (χ4v) is 2.61. The number of anilines is 2. The summed E-state index contributed by atoms with van der Waals surface area (Å²) in [6, 6.07) is 8.82. The molecule has 0 aliphatic rings. The van der Waals surface area contributed by atoms with Crippen LogP contribution in [-0.4, -0.2) is 29.9 Å². The van der Waals surface area contributed by atoms with Gasteiger partial charge in [0.1, 0.15) is 17.4 Å². The van der Waals surface area contributed by atoms with Crippen molar-refractivity contribution in [1.82, 2.24) is 9.78 Å². The van der Waals surface area contributed by atoms with E-state index in [1.54, 1.807) is 37.3 Å². The minimum atomic E-state index is -0.919. The molecule has 3 aromatic rings. The fraction of sp³-hybridized carbons (Fsp3) is 0.211. The molecule has 9 heteroatoms. The lowest BCUT2D eigenvalue weighted by Crippen LogP contribution is -2.34. The number of nitrogens with two attached hydrogens (primary N) is 1. The summed E-state index contributed by atoms with van der Waals surface area (Å²) in [5.41, 5.74) is 6.05. The molecule has 0 bridgehead atoms. The van der Waals surface area contributed by atoms with Crippen molar-refractivity contribution in [3.8, 4) is 23.0 Å². The first-order chi connectivity index (χ1) is 13.4. The zero-order chi connectivity index (χ0) is 20.3. The quantitative estimate of drug-likeness (QED) is 0.669. The molecule has 1 amide bonds. The highest BCUT2D eigenvalue weighted by atomic mass is 16.5. The molecule has 0 aliphatic carbocycles. The summed E-state index contributed by atoms with van der Waals surface area (Å²) >= 11 is 0. The first-order valence-electron chi connectivity index (χ1n) is 8.40. The highest BCUT2D eigenvalue weighted by Crippen LogP contribution is 2.30. The summed E-state index contributed by atoms with van der Waals surface area (Å²) in [5, 5.41) is 6.95. The summed E-state index contributed by atoms with van der Waals surface area (Å²) in [6.45, 7) is 1.55. The van der Waals surface area contributed by atoms with E-state index in [1.165, 1.54) is 26.5 Å². The normalized spacial score (nSPS) is 11.7. The van der Waals surface area contributed by atoms with E-state index in [0.717, 1.165) is 4.68 Å². The number of ether oxygens (including phenoxy) is 2. The number of rotatable bonds is 6. The number of furan rings is 1. The van der Waals surface area contributed by atoms with Gasteiger partial charge in [-0.25, -0.2) is 4.68 Å². The van der Waals surface area contributed by atoms with E-state index >= 15 is 0 Å². The van der Waals surface area contributed by atoms with E-state index in [-0.39, 0.29) is 5.69 Å². The zero-order valence-electron chi connectivity index (χ0n) is 15.6. The van der Waals surface area contributed by atoms with E-state index in [2.05, 4.69) is 10.4 Å². The van der Waals surface area contributed by atoms with Gasteiger partial charge in [0.25, 0.3) is 5.56 Å². The molecular formula is C19H20N4O5. The average molecular weight is 384 g/mol. The average Bonchev–Trinajstić information content (AvgIpc) is 3.24. The second-order valence-corrected chi connectivity index (χ2v) is 5.95. The van der Waals surface area contributed by atoms with Gasteiger partial charge in [-0.1, -0.05) is 0 Å². The molecule has 0 aliphatic heterocycles. The Hall–Kier alpha value is -3.75.